The van der Waals surface area contributed by atoms with Crippen LogP contribution in [0.4, 0.5) is 17.5 Å². The Hall–Kier alpha value is -2.91. The standard InChI is InChI=1S/C18H21N5O3S/c1-12-8-18(23-22-12)21-17-10-15(9-16(20-17)19-13(2)11-24)27(25,26)14-6-4-3-5-7-14/h3-10,13,24H,11H2,1-2H3,(H3,19,20,21,22,23)/t13-/m0/s1. The SMILES string of the molecule is Cc1cc(Nc2cc(S(=O)(=O)c3ccccc3)cc(N[C@@H](C)CO)n2)n[nH]1. The quantitative estimate of drug-likeness (QED) is 0.491. The predicted octanol–water partition coefficient (Wildman–Crippen LogP) is 2.48. The molecule has 4 N–H and O–H groups in total. The fourth-order valence-corrected chi connectivity index (χ4v) is 3.77. The molecular weight excluding hydrogens is 366 g/mol. The molecule has 0 unspecified atom stereocenters. The van der Waals surface area contributed by atoms with Crippen LogP contribution in [-0.4, -0.2) is 41.4 Å². The van der Waals surface area contributed by atoms with Crippen molar-refractivity contribution in [2.45, 2.75) is 29.7 Å². The minimum Gasteiger partial charge on any atom is -0.394 e. The van der Waals surface area contributed by atoms with Crippen LogP contribution in [0.1, 0.15) is 12.6 Å². The molecule has 27 heavy (non-hydrogen) atoms. The summed E-state index contributed by atoms with van der Waals surface area (Å²) in [5.74, 6) is 1.19. The van der Waals surface area contributed by atoms with Gasteiger partial charge in [-0.2, -0.15) is 5.10 Å². The van der Waals surface area contributed by atoms with Gasteiger partial charge in [0.05, 0.1) is 16.4 Å². The molecule has 0 bridgehead atoms. The van der Waals surface area contributed by atoms with Crippen LogP contribution in [0, 0.1) is 6.92 Å². The molecule has 0 aliphatic rings. The number of aliphatic hydroxyl groups is 1. The molecule has 0 aliphatic carbocycles. The third-order valence-electron chi connectivity index (χ3n) is 3.79. The Kier molecular flexibility index (Phi) is 5.43. The van der Waals surface area contributed by atoms with Crippen LogP contribution in [0.15, 0.2) is 58.3 Å². The Balaban J connectivity index is 2.04. The van der Waals surface area contributed by atoms with E-state index in [4.69, 9.17) is 0 Å². The predicted molar refractivity (Wildman–Crippen MR) is 103 cm³/mol. The van der Waals surface area contributed by atoms with Gasteiger partial charge in [0.1, 0.15) is 11.6 Å². The van der Waals surface area contributed by atoms with Gasteiger partial charge >= 0.3 is 0 Å². The molecule has 3 aromatic rings. The summed E-state index contributed by atoms with van der Waals surface area (Å²) in [5, 5.41) is 22.2. The van der Waals surface area contributed by atoms with Crippen LogP contribution in [0.2, 0.25) is 0 Å². The van der Waals surface area contributed by atoms with Gasteiger partial charge < -0.3 is 15.7 Å². The van der Waals surface area contributed by atoms with Gasteiger partial charge in [-0.1, -0.05) is 18.2 Å². The monoisotopic (exact) mass is 387 g/mol. The number of aromatic nitrogens is 3. The largest absolute Gasteiger partial charge is 0.394 e. The van der Waals surface area contributed by atoms with Crippen LogP contribution in [0.3, 0.4) is 0 Å². The molecule has 1 aromatic carbocycles. The van der Waals surface area contributed by atoms with Gasteiger partial charge in [0.2, 0.25) is 9.84 Å². The molecule has 0 aliphatic heterocycles. The number of anilines is 3. The first-order chi connectivity index (χ1) is 12.9. The van der Waals surface area contributed by atoms with E-state index in [-0.39, 0.29) is 22.4 Å². The third-order valence-corrected chi connectivity index (χ3v) is 5.54. The van der Waals surface area contributed by atoms with Crippen LogP contribution >= 0.6 is 0 Å². The molecule has 9 heteroatoms. The number of aliphatic hydroxyl groups excluding tert-OH is 1. The van der Waals surface area contributed by atoms with Crippen molar-refractivity contribution in [1.82, 2.24) is 15.2 Å². The maximum absolute atomic E-state index is 13.0. The second kappa shape index (κ2) is 7.77. The van der Waals surface area contributed by atoms with E-state index < -0.39 is 9.84 Å². The molecule has 2 heterocycles. The van der Waals surface area contributed by atoms with Crippen molar-refractivity contribution in [2.75, 3.05) is 17.2 Å². The summed E-state index contributed by atoms with van der Waals surface area (Å²) in [6.45, 7) is 3.51. The molecule has 0 spiro atoms. The van der Waals surface area contributed by atoms with Crippen molar-refractivity contribution in [3.8, 4) is 0 Å². The summed E-state index contributed by atoms with van der Waals surface area (Å²) >= 11 is 0. The lowest BCUT2D eigenvalue weighted by molar-refractivity contribution is 0.281. The molecule has 3 rings (SSSR count). The molecule has 142 valence electrons. The fraction of sp³-hybridized carbons (Fsp3) is 0.222. The molecule has 1 atom stereocenters. The lowest BCUT2D eigenvalue weighted by Gasteiger charge is -2.15. The zero-order chi connectivity index (χ0) is 19.4. The molecule has 0 fully saturated rings. The zero-order valence-corrected chi connectivity index (χ0v) is 15.8. The summed E-state index contributed by atoms with van der Waals surface area (Å²) in [6, 6.07) is 12.6. The minimum absolute atomic E-state index is 0.0890. The van der Waals surface area contributed by atoms with Crippen LogP contribution in [0.25, 0.3) is 0 Å². The highest BCUT2D eigenvalue weighted by Crippen LogP contribution is 2.26. The first kappa shape index (κ1) is 18.9. The molecule has 0 saturated carbocycles. The van der Waals surface area contributed by atoms with Crippen LogP contribution < -0.4 is 10.6 Å². The Morgan fingerprint density at radius 1 is 1.07 bits per heavy atom. The molecule has 8 nitrogen and oxygen atoms in total. The van der Waals surface area contributed by atoms with Crippen molar-refractivity contribution >= 4 is 27.3 Å². The summed E-state index contributed by atoms with van der Waals surface area (Å²) in [5.41, 5.74) is 0.859. The minimum atomic E-state index is -3.72. The van der Waals surface area contributed by atoms with Gasteiger partial charge in [-0.15, -0.1) is 0 Å². The number of hydrogen-bond acceptors (Lipinski definition) is 7. The lowest BCUT2D eigenvalue weighted by Crippen LogP contribution is -2.20. The van der Waals surface area contributed by atoms with Crippen molar-refractivity contribution in [1.29, 1.82) is 0 Å². The maximum atomic E-state index is 13.0. The second-order valence-corrected chi connectivity index (χ2v) is 8.13. The zero-order valence-electron chi connectivity index (χ0n) is 15.0. The number of sulfone groups is 1. The highest BCUT2D eigenvalue weighted by molar-refractivity contribution is 7.91. The number of nitrogens with zero attached hydrogens (tertiary/aromatic N) is 2. The number of benzene rings is 1. The highest BCUT2D eigenvalue weighted by atomic mass is 32.2. The van der Waals surface area contributed by atoms with Crippen molar-refractivity contribution in [2.24, 2.45) is 0 Å². The third kappa shape index (κ3) is 4.44. The molecule has 0 saturated heterocycles. The van der Waals surface area contributed by atoms with E-state index in [1.54, 1.807) is 43.3 Å². The first-order valence-corrected chi connectivity index (χ1v) is 9.85. The van der Waals surface area contributed by atoms with Crippen molar-refractivity contribution in [3.05, 3.63) is 54.2 Å². The molecule has 0 amide bonds. The summed E-state index contributed by atoms with van der Waals surface area (Å²) in [6.07, 6.45) is 0. The Labute approximate surface area is 157 Å². The number of aromatic amines is 1. The van der Waals surface area contributed by atoms with Crippen molar-refractivity contribution in [3.63, 3.8) is 0 Å². The van der Waals surface area contributed by atoms with Gasteiger partial charge in [-0.25, -0.2) is 13.4 Å². The van der Waals surface area contributed by atoms with E-state index in [0.717, 1.165) is 5.69 Å². The number of nitrogens with one attached hydrogen (secondary N) is 3. The average molecular weight is 387 g/mol. The maximum Gasteiger partial charge on any atom is 0.206 e. The topological polar surface area (TPSA) is 120 Å². The fourth-order valence-electron chi connectivity index (χ4n) is 2.45. The van der Waals surface area contributed by atoms with E-state index in [9.17, 15) is 13.5 Å². The highest BCUT2D eigenvalue weighted by Gasteiger charge is 2.20. The van der Waals surface area contributed by atoms with Gasteiger partial charge in [-0.3, -0.25) is 5.10 Å². The molecular formula is C18H21N5O3S. The van der Waals surface area contributed by atoms with E-state index in [1.165, 1.54) is 12.1 Å². The Morgan fingerprint density at radius 2 is 1.78 bits per heavy atom. The smallest absolute Gasteiger partial charge is 0.206 e. The Morgan fingerprint density at radius 3 is 2.41 bits per heavy atom. The Bertz CT molecular complexity index is 1020. The van der Waals surface area contributed by atoms with Crippen LogP contribution in [-0.2, 0) is 9.84 Å². The van der Waals surface area contributed by atoms with Gasteiger partial charge in [0.25, 0.3) is 0 Å². The van der Waals surface area contributed by atoms with Gasteiger partial charge in [0, 0.05) is 23.9 Å². The number of rotatable bonds is 7. The lowest BCUT2D eigenvalue weighted by atomic mass is 10.3. The van der Waals surface area contributed by atoms with E-state index >= 15 is 0 Å². The normalized spacial score (nSPS) is 12.6. The van der Waals surface area contributed by atoms with Crippen molar-refractivity contribution < 1.29 is 13.5 Å². The van der Waals surface area contributed by atoms with Gasteiger partial charge in [0.15, 0.2) is 5.82 Å². The summed E-state index contributed by atoms with van der Waals surface area (Å²) in [4.78, 5) is 4.66. The second-order valence-electron chi connectivity index (χ2n) is 6.18. The average Bonchev–Trinajstić information content (AvgIpc) is 3.06. The van der Waals surface area contributed by atoms with Gasteiger partial charge in [-0.05, 0) is 32.0 Å². The summed E-state index contributed by atoms with van der Waals surface area (Å²) < 4.78 is 26.0. The van der Waals surface area contributed by atoms with E-state index in [2.05, 4.69) is 25.8 Å². The number of pyridine rings is 1. The van der Waals surface area contributed by atoms with Crippen LogP contribution in [0.5, 0.6) is 0 Å². The first-order valence-electron chi connectivity index (χ1n) is 8.37. The number of hydrogen-bond donors (Lipinski definition) is 4. The van der Waals surface area contributed by atoms with E-state index in [0.29, 0.717) is 17.5 Å². The molecule has 2 aromatic heterocycles. The summed E-state index contributed by atoms with van der Waals surface area (Å²) in [7, 11) is -3.72. The number of aryl methyl sites for hydroxylation is 1. The molecule has 0 radical (unpaired) electrons. The number of H-pyrrole nitrogens is 1. The van der Waals surface area contributed by atoms with E-state index in [1.807, 2.05) is 6.92 Å².